The number of fused-ring (bicyclic) bond motifs is 3. The summed E-state index contributed by atoms with van der Waals surface area (Å²) in [5.41, 5.74) is 7.77. The Bertz CT molecular complexity index is 2590. The molecule has 7 aromatic rings. The van der Waals surface area contributed by atoms with Gasteiger partial charge in [0.05, 0.1) is 30.0 Å². The van der Waals surface area contributed by atoms with E-state index >= 15 is 4.79 Å². The SMILES string of the molecule is C[C@@H]1Cc2ccccc2CN1C(=O)c1ccc(Cl)cc1-c1cc(C(=O)N(c2ccc(O)cc2)c2ccc3c(ccn3CCN3CCOCC3)c2)c2ccccn12.Cl. The molecule has 1 N–H and O–H groups in total. The molecular formula is C46H43Cl2N5O4. The minimum atomic E-state index is -0.257. The number of anilines is 2. The number of phenolic OH excluding ortho intramolecular Hbond substituents is 1. The second-order valence-corrected chi connectivity index (χ2v) is 15.1. The van der Waals surface area contributed by atoms with Gasteiger partial charge in [-0.05, 0) is 109 Å². The molecule has 9 rings (SSSR count). The maximum atomic E-state index is 15.1. The van der Waals surface area contributed by atoms with Crippen molar-refractivity contribution in [2.45, 2.75) is 32.5 Å². The van der Waals surface area contributed by atoms with Crippen LogP contribution < -0.4 is 4.90 Å². The summed E-state index contributed by atoms with van der Waals surface area (Å²) in [6.45, 7) is 7.78. The summed E-state index contributed by atoms with van der Waals surface area (Å²) in [5, 5.41) is 11.7. The van der Waals surface area contributed by atoms with Gasteiger partial charge in [-0.15, -0.1) is 12.4 Å². The van der Waals surface area contributed by atoms with Crippen LogP contribution in [0.5, 0.6) is 5.75 Å². The fraction of sp³-hybridized carbons (Fsp3) is 0.217. The van der Waals surface area contributed by atoms with Crippen molar-refractivity contribution in [1.29, 1.82) is 0 Å². The number of carbonyl (C=O) groups is 2. The maximum absolute atomic E-state index is 15.1. The van der Waals surface area contributed by atoms with Crippen molar-refractivity contribution in [3.63, 3.8) is 0 Å². The second kappa shape index (κ2) is 16.1. The van der Waals surface area contributed by atoms with Crippen LogP contribution >= 0.6 is 24.0 Å². The Morgan fingerprint density at radius 2 is 1.54 bits per heavy atom. The lowest BCUT2D eigenvalue weighted by Gasteiger charge is -2.35. The van der Waals surface area contributed by atoms with E-state index in [0.717, 1.165) is 62.3 Å². The minimum Gasteiger partial charge on any atom is -0.508 e. The Morgan fingerprint density at radius 1 is 0.789 bits per heavy atom. The Balaban J connectivity index is 0.00000455. The van der Waals surface area contributed by atoms with E-state index in [1.54, 1.807) is 41.3 Å². The number of pyridine rings is 1. The first kappa shape index (κ1) is 38.3. The normalized spacial score (nSPS) is 15.7. The molecule has 3 aromatic heterocycles. The first-order chi connectivity index (χ1) is 27.3. The number of halogens is 2. The van der Waals surface area contributed by atoms with E-state index in [2.05, 4.69) is 46.9 Å². The van der Waals surface area contributed by atoms with Crippen LogP contribution in [-0.2, 0) is 24.2 Å². The lowest BCUT2D eigenvalue weighted by atomic mass is 9.93. The van der Waals surface area contributed by atoms with Crippen molar-refractivity contribution in [3.05, 3.63) is 155 Å². The molecule has 11 heteroatoms. The summed E-state index contributed by atoms with van der Waals surface area (Å²) in [5.74, 6) is -0.239. The molecule has 4 aromatic carbocycles. The molecule has 2 aliphatic rings. The van der Waals surface area contributed by atoms with Crippen LogP contribution in [-0.4, -0.2) is 74.6 Å². The first-order valence-corrected chi connectivity index (χ1v) is 19.5. The number of morpholine rings is 1. The van der Waals surface area contributed by atoms with E-state index in [4.69, 9.17) is 16.3 Å². The Labute approximate surface area is 342 Å². The fourth-order valence-electron chi connectivity index (χ4n) is 8.25. The molecule has 0 saturated carbocycles. The Kier molecular flexibility index (Phi) is 10.8. The maximum Gasteiger partial charge on any atom is 0.265 e. The highest BCUT2D eigenvalue weighted by Crippen LogP contribution is 2.37. The third-order valence-electron chi connectivity index (χ3n) is 11.2. The van der Waals surface area contributed by atoms with Crippen molar-refractivity contribution >= 4 is 63.6 Å². The summed E-state index contributed by atoms with van der Waals surface area (Å²) in [4.78, 5) is 35.7. The van der Waals surface area contributed by atoms with Crippen molar-refractivity contribution in [1.82, 2.24) is 18.8 Å². The molecule has 9 nitrogen and oxygen atoms in total. The summed E-state index contributed by atoms with van der Waals surface area (Å²) < 4.78 is 9.73. The molecule has 2 aliphatic heterocycles. The largest absolute Gasteiger partial charge is 0.508 e. The molecule has 1 atom stereocenters. The molecule has 5 heterocycles. The summed E-state index contributed by atoms with van der Waals surface area (Å²) >= 11 is 6.67. The number of rotatable bonds is 8. The standard InChI is InChI=1S/C46H42ClN5O4.ClH/c1-31-26-32-6-2-3-7-34(32)30-51(31)45(54)39-15-9-35(47)28-40(39)44-29-41(43-8-4-5-18-50(43)44)46(55)52(36-10-13-38(53)14-11-36)37-12-16-42-33(27-37)17-19-49(42)21-20-48-22-24-56-25-23-48;/h2-19,27-29,31,53H,20-26,30H2,1H3;1H/t31-;/m1./s1. The van der Waals surface area contributed by atoms with Crippen molar-refractivity contribution in [3.8, 4) is 17.0 Å². The predicted octanol–water partition coefficient (Wildman–Crippen LogP) is 9.24. The molecular weight excluding hydrogens is 757 g/mol. The molecule has 57 heavy (non-hydrogen) atoms. The van der Waals surface area contributed by atoms with Gasteiger partial charge in [-0.25, -0.2) is 0 Å². The zero-order chi connectivity index (χ0) is 38.3. The van der Waals surface area contributed by atoms with E-state index in [0.29, 0.717) is 50.8 Å². The van der Waals surface area contributed by atoms with E-state index in [1.807, 2.05) is 70.1 Å². The third kappa shape index (κ3) is 7.40. The van der Waals surface area contributed by atoms with Crippen LogP contribution in [0.15, 0.2) is 128 Å². The van der Waals surface area contributed by atoms with Gasteiger partial charge >= 0.3 is 0 Å². The van der Waals surface area contributed by atoms with Gasteiger partial charge in [0, 0.05) is 89.6 Å². The average Bonchev–Trinajstić information content (AvgIpc) is 3.82. The second-order valence-electron chi connectivity index (χ2n) is 14.7. The van der Waals surface area contributed by atoms with Gasteiger partial charge in [-0.3, -0.25) is 19.4 Å². The number of aromatic nitrogens is 2. The van der Waals surface area contributed by atoms with Crippen molar-refractivity contribution < 1.29 is 19.4 Å². The number of benzene rings is 4. The van der Waals surface area contributed by atoms with Crippen LogP contribution in [0, 0.1) is 0 Å². The number of carbonyl (C=O) groups excluding carboxylic acids is 2. The van der Waals surface area contributed by atoms with E-state index in [9.17, 15) is 9.90 Å². The zero-order valence-corrected chi connectivity index (χ0v) is 33.1. The van der Waals surface area contributed by atoms with Gasteiger partial charge in [0.15, 0.2) is 0 Å². The average molecular weight is 801 g/mol. The highest BCUT2D eigenvalue weighted by Gasteiger charge is 2.31. The van der Waals surface area contributed by atoms with Crippen LogP contribution in [0.1, 0.15) is 38.8 Å². The molecule has 2 amide bonds. The van der Waals surface area contributed by atoms with E-state index in [1.165, 1.54) is 5.56 Å². The highest BCUT2D eigenvalue weighted by molar-refractivity contribution is 6.31. The minimum absolute atomic E-state index is 0. The summed E-state index contributed by atoms with van der Waals surface area (Å²) in [7, 11) is 0. The topological polar surface area (TPSA) is 82.7 Å². The van der Waals surface area contributed by atoms with Crippen LogP contribution in [0.4, 0.5) is 11.4 Å². The van der Waals surface area contributed by atoms with Gasteiger partial charge in [0.2, 0.25) is 0 Å². The van der Waals surface area contributed by atoms with Crippen molar-refractivity contribution in [2.24, 2.45) is 0 Å². The lowest BCUT2D eigenvalue weighted by molar-refractivity contribution is 0.0365. The smallest absolute Gasteiger partial charge is 0.265 e. The van der Waals surface area contributed by atoms with Gasteiger partial charge < -0.3 is 23.7 Å². The van der Waals surface area contributed by atoms with Crippen LogP contribution in [0.2, 0.25) is 5.02 Å². The van der Waals surface area contributed by atoms with Crippen molar-refractivity contribution in [2.75, 3.05) is 37.7 Å². The third-order valence-corrected chi connectivity index (χ3v) is 11.5. The number of nitrogens with zero attached hydrogens (tertiary/aromatic N) is 5. The predicted molar refractivity (Wildman–Crippen MR) is 228 cm³/mol. The monoisotopic (exact) mass is 799 g/mol. The first-order valence-electron chi connectivity index (χ1n) is 19.1. The number of ether oxygens (including phenoxy) is 1. The van der Waals surface area contributed by atoms with Gasteiger partial charge in [0.1, 0.15) is 5.75 Å². The molecule has 0 bridgehead atoms. The number of hydrogen-bond donors (Lipinski definition) is 1. The van der Waals surface area contributed by atoms with Crippen LogP contribution in [0.25, 0.3) is 27.7 Å². The number of amides is 2. The fourth-order valence-corrected chi connectivity index (χ4v) is 8.43. The van der Waals surface area contributed by atoms with Gasteiger partial charge in [-0.2, -0.15) is 0 Å². The van der Waals surface area contributed by atoms with Crippen LogP contribution in [0.3, 0.4) is 0 Å². The van der Waals surface area contributed by atoms with E-state index < -0.39 is 0 Å². The molecule has 290 valence electrons. The highest BCUT2D eigenvalue weighted by atomic mass is 35.5. The van der Waals surface area contributed by atoms with E-state index in [-0.39, 0.29) is 36.0 Å². The number of hydrogen-bond acceptors (Lipinski definition) is 5. The molecule has 1 saturated heterocycles. The Morgan fingerprint density at radius 3 is 2.35 bits per heavy atom. The number of aromatic hydroxyl groups is 1. The lowest BCUT2D eigenvalue weighted by Crippen LogP contribution is -2.42. The molecule has 0 aliphatic carbocycles. The molecule has 0 unspecified atom stereocenters. The quantitative estimate of drug-likeness (QED) is 0.166. The molecule has 1 fully saturated rings. The zero-order valence-electron chi connectivity index (χ0n) is 31.6. The Hall–Kier alpha value is -5.58. The summed E-state index contributed by atoms with van der Waals surface area (Å²) in [6.07, 6.45) is 4.78. The molecule has 0 radical (unpaired) electrons. The summed E-state index contributed by atoms with van der Waals surface area (Å²) in [6, 6.07) is 36.1. The number of phenols is 1. The van der Waals surface area contributed by atoms with Gasteiger partial charge in [-0.1, -0.05) is 41.9 Å². The molecule has 0 spiro atoms. The van der Waals surface area contributed by atoms with Gasteiger partial charge in [0.25, 0.3) is 11.8 Å².